The van der Waals surface area contributed by atoms with E-state index in [1.54, 1.807) is 0 Å². The zero-order valence-electron chi connectivity index (χ0n) is 10.8. The van der Waals surface area contributed by atoms with E-state index < -0.39 is 0 Å². The average Bonchev–Trinajstić information content (AvgIpc) is 2.21. The van der Waals surface area contributed by atoms with Crippen molar-refractivity contribution in [3.8, 4) is 0 Å². The lowest BCUT2D eigenvalue weighted by atomic mass is 9.24. The van der Waals surface area contributed by atoms with Crippen molar-refractivity contribution in [3.05, 3.63) is 0 Å². The van der Waals surface area contributed by atoms with Crippen LogP contribution >= 0.6 is 0 Å². The third-order valence-corrected chi connectivity index (χ3v) is 6.30. The molecule has 0 aliphatic heterocycles. The minimum Gasteiger partial charge on any atom is -0.330 e. The highest BCUT2D eigenvalue weighted by molar-refractivity contribution is 5.27. The van der Waals surface area contributed by atoms with E-state index in [-0.39, 0.29) is 0 Å². The Morgan fingerprint density at radius 1 is 1.31 bits per heavy atom. The van der Waals surface area contributed by atoms with Crippen LogP contribution in [-0.2, 0) is 0 Å². The fourth-order valence-electron chi connectivity index (χ4n) is 6.20. The predicted octanol–water partition coefficient (Wildman–Crippen LogP) is 2.27. The summed E-state index contributed by atoms with van der Waals surface area (Å²) in [6.07, 6.45) is 8.00. The van der Waals surface area contributed by atoms with Gasteiger partial charge in [-0.1, -0.05) is 20.3 Å². The van der Waals surface area contributed by atoms with E-state index in [2.05, 4.69) is 13.8 Å². The smallest absolute Gasteiger partial charge is 0.00962 e. The second kappa shape index (κ2) is 3.02. The SMILES string of the molecule is CCC(N)C12CCCC3(C)CC(CN)(C1)C32. The van der Waals surface area contributed by atoms with Crippen molar-refractivity contribution in [1.29, 1.82) is 0 Å². The molecule has 3 rings (SSSR count). The van der Waals surface area contributed by atoms with Gasteiger partial charge >= 0.3 is 0 Å². The van der Waals surface area contributed by atoms with Crippen LogP contribution in [0.4, 0.5) is 0 Å². The molecule has 0 radical (unpaired) electrons. The summed E-state index contributed by atoms with van der Waals surface area (Å²) in [6.45, 7) is 5.62. The maximum Gasteiger partial charge on any atom is 0.00962 e. The summed E-state index contributed by atoms with van der Waals surface area (Å²) in [5.41, 5.74) is 14.0. The van der Waals surface area contributed by atoms with Crippen molar-refractivity contribution in [3.63, 3.8) is 0 Å². The summed E-state index contributed by atoms with van der Waals surface area (Å²) in [6, 6.07) is 0.414. The van der Waals surface area contributed by atoms with Crippen LogP contribution in [0.3, 0.4) is 0 Å². The van der Waals surface area contributed by atoms with Crippen LogP contribution in [-0.4, -0.2) is 12.6 Å². The second-order valence-corrected chi connectivity index (χ2v) is 7.11. The van der Waals surface area contributed by atoms with Gasteiger partial charge in [0, 0.05) is 6.04 Å². The van der Waals surface area contributed by atoms with Gasteiger partial charge in [-0.25, -0.2) is 0 Å². The van der Waals surface area contributed by atoms with Gasteiger partial charge in [0.2, 0.25) is 0 Å². The first-order valence-electron chi connectivity index (χ1n) is 6.99. The van der Waals surface area contributed by atoms with E-state index in [9.17, 15) is 0 Å². The zero-order valence-corrected chi connectivity index (χ0v) is 10.8. The number of hydrogen-bond acceptors (Lipinski definition) is 2. The molecule has 3 fully saturated rings. The van der Waals surface area contributed by atoms with Crippen LogP contribution < -0.4 is 11.5 Å². The Hall–Kier alpha value is -0.0800. The fourth-order valence-corrected chi connectivity index (χ4v) is 6.20. The normalized spacial score (nSPS) is 55.9. The van der Waals surface area contributed by atoms with Crippen LogP contribution in [0.5, 0.6) is 0 Å². The Morgan fingerprint density at radius 2 is 2.06 bits per heavy atom. The molecule has 5 unspecified atom stereocenters. The molecule has 0 amide bonds. The largest absolute Gasteiger partial charge is 0.330 e. The molecule has 3 aliphatic carbocycles. The summed E-state index contributed by atoms with van der Waals surface area (Å²) in [5.74, 6) is 0.848. The first kappa shape index (κ1) is 11.0. The summed E-state index contributed by atoms with van der Waals surface area (Å²) in [5, 5.41) is 0. The van der Waals surface area contributed by atoms with Crippen molar-refractivity contribution in [2.45, 2.75) is 58.4 Å². The van der Waals surface area contributed by atoms with Crippen molar-refractivity contribution in [2.24, 2.45) is 33.6 Å². The molecule has 3 saturated carbocycles. The third-order valence-electron chi connectivity index (χ3n) is 6.30. The van der Waals surface area contributed by atoms with E-state index in [0.717, 1.165) is 18.9 Å². The quantitative estimate of drug-likeness (QED) is 0.769. The van der Waals surface area contributed by atoms with Crippen molar-refractivity contribution in [2.75, 3.05) is 6.54 Å². The first-order valence-corrected chi connectivity index (χ1v) is 6.99. The molecule has 0 saturated heterocycles. The molecule has 16 heavy (non-hydrogen) atoms. The molecule has 0 aromatic rings. The van der Waals surface area contributed by atoms with Crippen molar-refractivity contribution < 1.29 is 0 Å². The highest BCUT2D eigenvalue weighted by Crippen LogP contribution is 2.82. The van der Waals surface area contributed by atoms with Crippen LogP contribution in [0, 0.1) is 22.2 Å². The van der Waals surface area contributed by atoms with Crippen LogP contribution in [0.25, 0.3) is 0 Å². The number of hydrogen-bond donors (Lipinski definition) is 2. The summed E-state index contributed by atoms with van der Waals surface area (Å²) < 4.78 is 0. The fraction of sp³-hybridized carbons (Fsp3) is 1.00. The Bertz CT molecular complexity index is 312. The molecule has 92 valence electrons. The lowest BCUT2D eigenvalue weighted by Crippen LogP contribution is -2.78. The molecule has 0 aromatic carbocycles. The molecule has 2 nitrogen and oxygen atoms in total. The van der Waals surface area contributed by atoms with Gasteiger partial charge < -0.3 is 11.5 Å². The van der Waals surface area contributed by atoms with Gasteiger partial charge in [-0.3, -0.25) is 0 Å². The van der Waals surface area contributed by atoms with E-state index in [0.29, 0.717) is 22.3 Å². The Kier molecular flexibility index (Phi) is 2.09. The van der Waals surface area contributed by atoms with Crippen LogP contribution in [0.15, 0.2) is 0 Å². The Labute approximate surface area is 99.1 Å². The molecule has 0 heterocycles. The van der Waals surface area contributed by atoms with E-state index in [1.165, 1.54) is 32.1 Å². The Balaban J connectivity index is 1.92. The van der Waals surface area contributed by atoms with E-state index >= 15 is 0 Å². The van der Waals surface area contributed by atoms with Gasteiger partial charge in [0.1, 0.15) is 0 Å². The maximum absolute atomic E-state index is 6.44. The van der Waals surface area contributed by atoms with Crippen LogP contribution in [0.2, 0.25) is 0 Å². The number of rotatable bonds is 3. The van der Waals surface area contributed by atoms with Gasteiger partial charge in [-0.05, 0) is 60.8 Å². The molecule has 3 aliphatic rings. The Morgan fingerprint density at radius 3 is 2.69 bits per heavy atom. The minimum atomic E-state index is 0.414. The minimum absolute atomic E-state index is 0.414. The summed E-state index contributed by atoms with van der Waals surface area (Å²) >= 11 is 0. The topological polar surface area (TPSA) is 52.0 Å². The molecule has 0 aromatic heterocycles. The van der Waals surface area contributed by atoms with Crippen LogP contribution in [0.1, 0.15) is 52.4 Å². The highest BCUT2D eigenvalue weighted by Gasteiger charge is 2.77. The molecule has 0 bridgehead atoms. The van der Waals surface area contributed by atoms with Crippen molar-refractivity contribution >= 4 is 0 Å². The molecule has 2 heteroatoms. The van der Waals surface area contributed by atoms with E-state index in [4.69, 9.17) is 11.5 Å². The van der Waals surface area contributed by atoms with Gasteiger partial charge in [0.15, 0.2) is 0 Å². The molecule has 5 atom stereocenters. The maximum atomic E-state index is 6.44. The summed E-state index contributed by atoms with van der Waals surface area (Å²) in [4.78, 5) is 0. The molecule has 4 N–H and O–H groups in total. The first-order chi connectivity index (χ1) is 7.53. The standard InChI is InChI=1S/C14H26N2/c1-3-10(16)14-6-4-5-12(2)7-13(8-14,9-15)11(12)14/h10-11H,3-9,15-16H2,1-2H3. The predicted molar refractivity (Wildman–Crippen MR) is 66.9 cm³/mol. The zero-order chi connectivity index (χ0) is 11.6. The third kappa shape index (κ3) is 0.971. The number of nitrogens with two attached hydrogens (primary N) is 2. The summed E-state index contributed by atoms with van der Waals surface area (Å²) in [7, 11) is 0. The lowest BCUT2D eigenvalue weighted by Gasteiger charge is -2.81. The van der Waals surface area contributed by atoms with Crippen molar-refractivity contribution in [1.82, 2.24) is 0 Å². The molecular formula is C14H26N2. The lowest BCUT2D eigenvalue weighted by molar-refractivity contribution is -0.314. The molecular weight excluding hydrogens is 196 g/mol. The van der Waals surface area contributed by atoms with Gasteiger partial charge in [0.25, 0.3) is 0 Å². The highest BCUT2D eigenvalue weighted by atomic mass is 14.9. The monoisotopic (exact) mass is 222 g/mol. The van der Waals surface area contributed by atoms with Gasteiger partial charge in [-0.2, -0.15) is 0 Å². The average molecular weight is 222 g/mol. The van der Waals surface area contributed by atoms with Gasteiger partial charge in [0.05, 0.1) is 0 Å². The van der Waals surface area contributed by atoms with Gasteiger partial charge in [-0.15, -0.1) is 0 Å². The second-order valence-electron chi connectivity index (χ2n) is 7.11. The molecule has 0 spiro atoms. The van der Waals surface area contributed by atoms with E-state index in [1.807, 2.05) is 0 Å².